The van der Waals surface area contributed by atoms with E-state index in [1.165, 1.54) is 0 Å². The average molecular weight is 339 g/mol. The smallest absolute Gasteiger partial charge is 0.318 e. The highest BCUT2D eigenvalue weighted by Gasteiger charge is 2.47. The summed E-state index contributed by atoms with van der Waals surface area (Å²) < 4.78 is 5.43. The monoisotopic (exact) mass is 339 g/mol. The number of carbonyl (C=O) groups is 1. The Labute approximate surface area is 149 Å². The molecule has 3 rings (SSSR count). The summed E-state index contributed by atoms with van der Waals surface area (Å²) in [7, 11) is 0. The first-order valence-electron chi connectivity index (χ1n) is 8.80. The van der Waals surface area contributed by atoms with Gasteiger partial charge in [0.25, 0.3) is 0 Å². The van der Waals surface area contributed by atoms with Gasteiger partial charge in [-0.2, -0.15) is 0 Å². The van der Waals surface area contributed by atoms with Crippen LogP contribution in [0.2, 0.25) is 0 Å². The normalized spacial score (nSPS) is 17.2. The molecule has 0 bridgehead atoms. The van der Waals surface area contributed by atoms with E-state index in [9.17, 15) is 9.90 Å². The molecule has 132 valence electrons. The zero-order chi connectivity index (χ0) is 17.7. The third-order valence-corrected chi connectivity index (χ3v) is 5.17. The number of carboxylic acid groups (broad SMARTS) is 1. The maximum atomic E-state index is 12.7. The molecule has 0 radical (unpaired) electrons. The van der Waals surface area contributed by atoms with E-state index in [0.29, 0.717) is 13.2 Å². The van der Waals surface area contributed by atoms with E-state index in [0.717, 1.165) is 30.8 Å². The molecular weight excluding hydrogens is 314 g/mol. The Morgan fingerprint density at radius 3 is 1.96 bits per heavy atom. The molecule has 0 aliphatic carbocycles. The predicted molar refractivity (Wildman–Crippen MR) is 97.7 cm³/mol. The van der Waals surface area contributed by atoms with E-state index in [1.54, 1.807) is 0 Å². The fraction of sp³-hybridized carbons (Fsp3) is 0.381. The first-order chi connectivity index (χ1) is 12.2. The van der Waals surface area contributed by atoms with Crippen LogP contribution in [0.1, 0.15) is 18.1 Å². The molecule has 0 spiro atoms. The van der Waals surface area contributed by atoms with Crippen LogP contribution in [0.4, 0.5) is 0 Å². The van der Waals surface area contributed by atoms with E-state index in [1.807, 2.05) is 67.6 Å². The zero-order valence-corrected chi connectivity index (χ0v) is 14.6. The molecule has 0 saturated carbocycles. The van der Waals surface area contributed by atoms with Crippen LogP contribution in [0.5, 0.6) is 0 Å². The van der Waals surface area contributed by atoms with E-state index < -0.39 is 11.4 Å². The zero-order valence-electron chi connectivity index (χ0n) is 14.6. The third kappa shape index (κ3) is 3.46. The highest BCUT2D eigenvalue weighted by molar-refractivity contribution is 5.86. The second kappa shape index (κ2) is 7.81. The molecule has 1 atom stereocenters. The van der Waals surface area contributed by atoms with Crippen LogP contribution in [0.15, 0.2) is 60.7 Å². The first-order valence-corrected chi connectivity index (χ1v) is 8.80. The van der Waals surface area contributed by atoms with Crippen molar-refractivity contribution in [3.63, 3.8) is 0 Å². The van der Waals surface area contributed by atoms with Crippen molar-refractivity contribution in [1.82, 2.24) is 4.90 Å². The molecule has 1 N–H and O–H groups in total. The maximum Gasteiger partial charge on any atom is 0.318 e. The lowest BCUT2D eigenvalue weighted by atomic mass is 9.66. The van der Waals surface area contributed by atoms with Crippen molar-refractivity contribution in [2.24, 2.45) is 5.92 Å². The van der Waals surface area contributed by atoms with E-state index >= 15 is 0 Å². The van der Waals surface area contributed by atoms with Gasteiger partial charge in [-0.05, 0) is 17.0 Å². The van der Waals surface area contributed by atoms with Gasteiger partial charge in [0, 0.05) is 19.6 Å². The minimum absolute atomic E-state index is 0.0899. The van der Waals surface area contributed by atoms with Crippen LogP contribution in [0, 0.1) is 5.92 Å². The number of nitrogens with zero attached hydrogens (tertiary/aromatic N) is 1. The Bertz CT molecular complexity index is 641. The van der Waals surface area contributed by atoms with Crippen molar-refractivity contribution in [3.8, 4) is 0 Å². The largest absolute Gasteiger partial charge is 0.480 e. The number of benzene rings is 2. The van der Waals surface area contributed by atoms with Gasteiger partial charge in [0.2, 0.25) is 0 Å². The van der Waals surface area contributed by atoms with Crippen LogP contribution >= 0.6 is 0 Å². The Morgan fingerprint density at radius 1 is 1.04 bits per heavy atom. The van der Waals surface area contributed by atoms with Crippen molar-refractivity contribution in [1.29, 1.82) is 0 Å². The number of hydrogen-bond donors (Lipinski definition) is 1. The molecular formula is C21H25NO3. The Morgan fingerprint density at radius 2 is 1.52 bits per heavy atom. The Kier molecular flexibility index (Phi) is 5.51. The molecule has 25 heavy (non-hydrogen) atoms. The molecule has 2 aromatic rings. The van der Waals surface area contributed by atoms with Gasteiger partial charge in [-0.3, -0.25) is 9.69 Å². The number of morpholine rings is 1. The second-order valence-electron chi connectivity index (χ2n) is 6.66. The molecule has 4 nitrogen and oxygen atoms in total. The van der Waals surface area contributed by atoms with Crippen molar-refractivity contribution in [3.05, 3.63) is 71.8 Å². The van der Waals surface area contributed by atoms with Crippen LogP contribution in [-0.4, -0.2) is 48.8 Å². The number of ether oxygens (including phenoxy) is 1. The molecule has 1 heterocycles. The molecule has 0 unspecified atom stereocenters. The summed E-state index contributed by atoms with van der Waals surface area (Å²) in [5.41, 5.74) is 0.588. The lowest BCUT2D eigenvalue weighted by molar-refractivity contribution is -0.144. The standard InChI is InChI=1S/C21H25NO3/c1-17(16-22-12-14-25-15-13-22)21(20(23)24,18-8-4-2-5-9-18)19-10-6-3-7-11-19/h2-11,17H,12-16H2,1H3,(H,23,24)/t17-/m1/s1. The van der Waals surface area contributed by atoms with Gasteiger partial charge in [0.05, 0.1) is 13.2 Å². The molecule has 0 amide bonds. The molecule has 1 aliphatic rings. The lowest BCUT2D eigenvalue weighted by Gasteiger charge is -2.39. The summed E-state index contributed by atoms with van der Waals surface area (Å²) in [6, 6.07) is 19.2. The van der Waals surface area contributed by atoms with Crippen LogP contribution in [0.3, 0.4) is 0 Å². The van der Waals surface area contributed by atoms with Crippen LogP contribution in [0.25, 0.3) is 0 Å². The third-order valence-electron chi connectivity index (χ3n) is 5.17. The second-order valence-corrected chi connectivity index (χ2v) is 6.66. The minimum Gasteiger partial charge on any atom is -0.480 e. The van der Waals surface area contributed by atoms with E-state index in [4.69, 9.17) is 4.74 Å². The fourth-order valence-electron chi connectivity index (χ4n) is 3.90. The van der Waals surface area contributed by atoms with E-state index in [-0.39, 0.29) is 5.92 Å². The van der Waals surface area contributed by atoms with Gasteiger partial charge < -0.3 is 9.84 Å². The molecule has 1 fully saturated rings. The number of aliphatic carboxylic acids is 1. The molecule has 4 heteroatoms. The van der Waals surface area contributed by atoms with Crippen LogP contribution in [-0.2, 0) is 14.9 Å². The van der Waals surface area contributed by atoms with Gasteiger partial charge in [-0.25, -0.2) is 0 Å². The average Bonchev–Trinajstić information content (AvgIpc) is 2.65. The number of rotatable bonds is 6. The summed E-state index contributed by atoms with van der Waals surface area (Å²) >= 11 is 0. The highest BCUT2D eigenvalue weighted by atomic mass is 16.5. The van der Waals surface area contributed by atoms with Gasteiger partial charge in [-0.1, -0.05) is 67.6 Å². The minimum atomic E-state index is -1.07. The summed E-state index contributed by atoms with van der Waals surface area (Å²) in [4.78, 5) is 15.0. The fourth-order valence-corrected chi connectivity index (χ4v) is 3.90. The van der Waals surface area contributed by atoms with Gasteiger partial charge in [0.1, 0.15) is 5.41 Å². The Hall–Kier alpha value is -2.17. The van der Waals surface area contributed by atoms with Crippen LogP contribution < -0.4 is 0 Å². The van der Waals surface area contributed by atoms with Crippen molar-refractivity contribution in [2.45, 2.75) is 12.3 Å². The summed E-state index contributed by atoms with van der Waals surface area (Å²) in [6.45, 7) is 5.89. The Balaban J connectivity index is 2.05. The first kappa shape index (κ1) is 17.6. The van der Waals surface area contributed by atoms with Gasteiger partial charge in [0.15, 0.2) is 0 Å². The molecule has 1 saturated heterocycles. The number of hydrogen-bond acceptors (Lipinski definition) is 3. The number of carboxylic acids is 1. The maximum absolute atomic E-state index is 12.7. The topological polar surface area (TPSA) is 49.8 Å². The van der Waals surface area contributed by atoms with Gasteiger partial charge >= 0.3 is 5.97 Å². The van der Waals surface area contributed by atoms with E-state index in [2.05, 4.69) is 4.90 Å². The quantitative estimate of drug-likeness (QED) is 0.879. The van der Waals surface area contributed by atoms with Crippen molar-refractivity contribution in [2.75, 3.05) is 32.8 Å². The van der Waals surface area contributed by atoms with Crippen molar-refractivity contribution >= 4 is 5.97 Å². The lowest BCUT2D eigenvalue weighted by Crippen LogP contribution is -2.49. The van der Waals surface area contributed by atoms with Gasteiger partial charge in [-0.15, -0.1) is 0 Å². The summed E-state index contributed by atoms with van der Waals surface area (Å²) in [5, 5.41) is 10.4. The van der Waals surface area contributed by atoms with Crippen molar-refractivity contribution < 1.29 is 14.6 Å². The highest BCUT2D eigenvalue weighted by Crippen LogP contribution is 2.40. The summed E-state index contributed by atoms with van der Waals surface area (Å²) in [5.74, 6) is -0.890. The molecule has 2 aromatic carbocycles. The summed E-state index contributed by atoms with van der Waals surface area (Å²) in [6.07, 6.45) is 0. The molecule has 0 aromatic heterocycles. The predicted octanol–water partition coefficient (Wildman–Crippen LogP) is 3.03. The molecule has 1 aliphatic heterocycles. The SMILES string of the molecule is C[C@H](CN1CCOCC1)C(C(=O)O)(c1ccccc1)c1ccccc1.